The summed E-state index contributed by atoms with van der Waals surface area (Å²) in [5, 5.41) is 2.10. The number of thiophene rings is 1. The smallest absolute Gasteiger partial charge is 0.230 e. The van der Waals surface area contributed by atoms with Crippen molar-refractivity contribution in [2.24, 2.45) is 11.3 Å². The Balaban J connectivity index is 0.00000363. The van der Waals surface area contributed by atoms with Crippen LogP contribution in [0.15, 0.2) is 23.1 Å². The second kappa shape index (κ2) is 11.4. The van der Waals surface area contributed by atoms with Gasteiger partial charge in [0.25, 0.3) is 0 Å². The third kappa shape index (κ3) is 6.75. The number of amides is 1. The molecule has 0 bridgehead atoms. The minimum Gasteiger partial charge on any atom is -0.353 e. The number of rotatable bonds is 5. The van der Waals surface area contributed by atoms with Crippen LogP contribution < -0.4 is 4.90 Å². The van der Waals surface area contributed by atoms with E-state index >= 15 is 0 Å². The summed E-state index contributed by atoms with van der Waals surface area (Å²) >= 11 is 1.63. The largest absolute Gasteiger partial charge is 0.353 e. The van der Waals surface area contributed by atoms with Gasteiger partial charge in [-0.3, -0.25) is 4.79 Å². The van der Waals surface area contributed by atoms with Crippen molar-refractivity contribution < 1.29 is 32.8 Å². The summed E-state index contributed by atoms with van der Waals surface area (Å²) in [6.45, 7) is 8.50. The molecular weight excluding hydrogens is 457 g/mol. The van der Waals surface area contributed by atoms with E-state index in [1.807, 2.05) is 0 Å². The van der Waals surface area contributed by atoms with Gasteiger partial charge in [-0.1, -0.05) is 23.5 Å². The van der Waals surface area contributed by atoms with Gasteiger partial charge in [-0.05, 0) is 65.9 Å². The zero-order valence-corrected chi connectivity index (χ0v) is 22.6. The molecule has 0 spiro atoms. The van der Waals surface area contributed by atoms with E-state index in [-0.39, 0.29) is 41.8 Å². The first-order valence-corrected chi connectivity index (χ1v) is 12.2. The molecule has 0 saturated heterocycles. The number of nitrogens with zero attached hydrogens (tertiary/aromatic N) is 1. The molecule has 1 heterocycles. The molecule has 1 atom stereocenters. The second-order valence-corrected chi connectivity index (χ2v) is 10.9. The first-order chi connectivity index (χ1) is 14.7. The number of carbonyl (C=O) groups is 1. The Bertz CT molecular complexity index is 860. The average Bonchev–Trinajstić information content (AvgIpc) is 3.22. The zero-order chi connectivity index (χ0) is 22.6. The van der Waals surface area contributed by atoms with E-state index in [0.29, 0.717) is 0 Å². The van der Waals surface area contributed by atoms with E-state index in [2.05, 4.69) is 62.0 Å². The van der Waals surface area contributed by atoms with Crippen molar-refractivity contribution in [1.29, 1.82) is 0 Å². The van der Waals surface area contributed by atoms with Crippen LogP contribution in [0.4, 0.5) is 5.69 Å². The second-order valence-electron chi connectivity index (χ2n) is 9.95. The van der Waals surface area contributed by atoms with Gasteiger partial charge >= 0.3 is 0 Å². The summed E-state index contributed by atoms with van der Waals surface area (Å²) in [6.07, 6.45) is 8.34. The maximum atomic E-state index is 13.7. The summed E-state index contributed by atoms with van der Waals surface area (Å²) in [7, 11) is 3.42. The Morgan fingerprint density at radius 3 is 2.38 bits per heavy atom. The van der Waals surface area contributed by atoms with E-state index in [1.54, 1.807) is 25.6 Å². The summed E-state index contributed by atoms with van der Waals surface area (Å²) in [6, 6.07) is 2.26. The van der Waals surface area contributed by atoms with Crippen LogP contribution in [0.1, 0.15) is 77.5 Å². The maximum absolute atomic E-state index is 13.7. The monoisotopic (exact) mass is 494 g/mol. The minimum absolute atomic E-state index is 0. The minimum atomic E-state index is -0.520. The van der Waals surface area contributed by atoms with Gasteiger partial charge in [0.1, 0.15) is 0 Å². The van der Waals surface area contributed by atoms with Crippen LogP contribution in [0.25, 0.3) is 0 Å². The molecule has 4 nitrogen and oxygen atoms in total. The Labute approximate surface area is 210 Å². The van der Waals surface area contributed by atoms with Gasteiger partial charge in [-0.15, -0.1) is 11.3 Å². The fraction of sp³-hybridized carbons (Fsp3) is 0.654. The third-order valence-corrected chi connectivity index (χ3v) is 7.31. The predicted molar refractivity (Wildman–Crippen MR) is 128 cm³/mol. The molecule has 1 amide bonds. The molecule has 2 aliphatic carbocycles. The number of hydrogen-bond donors (Lipinski definition) is 0. The molecule has 32 heavy (non-hydrogen) atoms. The molecule has 0 unspecified atom stereocenters. The number of allylic oxidation sites excluding steroid dienone is 2. The van der Waals surface area contributed by atoms with Crippen LogP contribution in [0.3, 0.4) is 0 Å². The number of anilines is 1. The molecule has 6 heteroatoms. The zero-order valence-electron chi connectivity index (χ0n) is 20.4. The molecule has 1 saturated carbocycles. The van der Waals surface area contributed by atoms with Crippen LogP contribution in [-0.4, -0.2) is 32.0 Å². The van der Waals surface area contributed by atoms with E-state index in [1.165, 1.54) is 5.57 Å². The van der Waals surface area contributed by atoms with Crippen LogP contribution >= 0.6 is 11.3 Å². The average molecular weight is 495 g/mol. The van der Waals surface area contributed by atoms with Gasteiger partial charge in [0.15, 0.2) is 5.79 Å². The Morgan fingerprint density at radius 1 is 1.19 bits per heavy atom. The fourth-order valence-electron chi connectivity index (χ4n) is 4.46. The van der Waals surface area contributed by atoms with Crippen molar-refractivity contribution >= 4 is 22.9 Å². The van der Waals surface area contributed by atoms with Crippen LogP contribution in [0.2, 0.25) is 0 Å². The molecule has 0 aromatic carbocycles. The summed E-state index contributed by atoms with van der Waals surface area (Å²) in [4.78, 5) is 16.8. The Hall–Kier alpha value is -1.03. The molecule has 2 aliphatic rings. The predicted octanol–water partition coefficient (Wildman–Crippen LogP) is 6.15. The Morgan fingerprint density at radius 2 is 1.84 bits per heavy atom. The number of methoxy groups -OCH3 is 2. The number of ether oxygens (including phenoxy) is 2. The maximum Gasteiger partial charge on any atom is 0.230 e. The molecule has 0 aliphatic heterocycles. The molecular formula is C26H37NO3SV. The quantitative estimate of drug-likeness (QED) is 0.280. The molecule has 175 valence electrons. The van der Waals surface area contributed by atoms with Crippen molar-refractivity contribution in [3.8, 4) is 11.8 Å². The standard InChI is InChI=1S/C26H37NO3S.V/c1-19-7-9-20(10-8-19)24(28)27(21-11-15-26(29-5,30-6)16-12-21)22-17-23(31-18-22)13-14-25(2,3)4;/h7,17-18,20-21H,8-12,15-16H2,1-6H3;/t20-;/m0./s1. The molecule has 1 radical (unpaired) electrons. The molecule has 1 fully saturated rings. The van der Waals surface area contributed by atoms with Crippen molar-refractivity contribution in [1.82, 2.24) is 0 Å². The SMILES string of the molecule is COC1(OC)CCC(N(C(=O)[C@H]2CC=C(C)CC2)c2csc(C#CC(C)(C)C)c2)CC1.[V]. The molecule has 0 N–H and O–H groups in total. The van der Waals surface area contributed by atoms with Gasteiger partial charge < -0.3 is 14.4 Å². The van der Waals surface area contributed by atoms with Crippen molar-refractivity contribution in [2.75, 3.05) is 19.1 Å². The van der Waals surface area contributed by atoms with Crippen LogP contribution in [-0.2, 0) is 32.8 Å². The van der Waals surface area contributed by atoms with E-state index in [0.717, 1.165) is 55.5 Å². The van der Waals surface area contributed by atoms with Crippen molar-refractivity contribution in [2.45, 2.75) is 84.5 Å². The van der Waals surface area contributed by atoms with Gasteiger partial charge in [0.05, 0.1) is 10.6 Å². The Kier molecular flexibility index (Phi) is 9.70. The normalized spacial score (nSPS) is 21.1. The van der Waals surface area contributed by atoms with E-state index < -0.39 is 5.79 Å². The molecule has 1 aromatic rings. The summed E-state index contributed by atoms with van der Waals surface area (Å²) < 4.78 is 11.3. The first kappa shape index (κ1) is 27.2. The van der Waals surface area contributed by atoms with Crippen molar-refractivity contribution in [3.05, 3.63) is 28.0 Å². The summed E-state index contributed by atoms with van der Waals surface area (Å²) in [5.74, 6) is 6.40. The molecule has 3 rings (SSSR count). The topological polar surface area (TPSA) is 38.8 Å². The van der Waals surface area contributed by atoms with Crippen LogP contribution in [0, 0.1) is 23.2 Å². The van der Waals surface area contributed by atoms with Gasteiger partial charge in [-0.25, -0.2) is 0 Å². The first-order valence-electron chi connectivity index (χ1n) is 11.4. The van der Waals surface area contributed by atoms with E-state index in [4.69, 9.17) is 9.47 Å². The van der Waals surface area contributed by atoms with E-state index in [9.17, 15) is 4.79 Å². The number of hydrogen-bond acceptors (Lipinski definition) is 4. The van der Waals surface area contributed by atoms with Gasteiger partial charge in [0.2, 0.25) is 5.91 Å². The van der Waals surface area contributed by atoms with Crippen LogP contribution in [0.5, 0.6) is 0 Å². The third-order valence-electron chi connectivity index (χ3n) is 6.48. The van der Waals surface area contributed by atoms with Gasteiger partial charge in [-0.2, -0.15) is 0 Å². The number of carbonyl (C=O) groups excluding carboxylic acids is 1. The van der Waals surface area contributed by atoms with Gasteiger partial charge in [0, 0.05) is 68.4 Å². The molecule has 1 aromatic heterocycles. The summed E-state index contributed by atoms with van der Waals surface area (Å²) in [5.41, 5.74) is 2.35. The fourth-order valence-corrected chi connectivity index (χ4v) is 5.19. The van der Waals surface area contributed by atoms with Crippen molar-refractivity contribution in [3.63, 3.8) is 0 Å².